The number of amides is 1. The minimum absolute atomic E-state index is 0.0217. The van der Waals surface area contributed by atoms with Crippen molar-refractivity contribution in [1.82, 2.24) is 15.5 Å². The molecule has 1 aromatic heterocycles. The predicted molar refractivity (Wildman–Crippen MR) is 44.1 cm³/mol. The van der Waals surface area contributed by atoms with E-state index in [4.69, 9.17) is 0 Å². The number of aromatic nitrogens is 2. The van der Waals surface area contributed by atoms with Gasteiger partial charge in [0.1, 0.15) is 0 Å². The average Bonchev–Trinajstić information content (AvgIpc) is 2.80. The molecular formula is C8H8F3N3O. The van der Waals surface area contributed by atoms with E-state index in [-0.39, 0.29) is 6.04 Å². The molecule has 1 amide bonds. The lowest BCUT2D eigenvalue weighted by Gasteiger charge is -2.06. The van der Waals surface area contributed by atoms with Crippen LogP contribution < -0.4 is 5.32 Å². The SMILES string of the molecule is O=C(NC1CC1)c1cn[nH]c1C(F)(F)F. The smallest absolute Gasteiger partial charge is 0.349 e. The number of nitrogens with one attached hydrogen (secondary N) is 2. The summed E-state index contributed by atoms with van der Waals surface area (Å²) >= 11 is 0. The van der Waals surface area contributed by atoms with E-state index in [1.54, 1.807) is 5.10 Å². The molecule has 4 nitrogen and oxygen atoms in total. The Hall–Kier alpha value is -1.53. The molecule has 1 fully saturated rings. The minimum Gasteiger partial charge on any atom is -0.349 e. The monoisotopic (exact) mass is 219 g/mol. The zero-order chi connectivity index (χ0) is 11.1. The lowest BCUT2D eigenvalue weighted by atomic mass is 10.2. The Labute approximate surface area is 82.9 Å². The number of H-pyrrole nitrogens is 1. The number of carbonyl (C=O) groups is 1. The second-order valence-electron chi connectivity index (χ2n) is 3.40. The summed E-state index contributed by atoms with van der Waals surface area (Å²) in [6.07, 6.45) is -2.04. The van der Waals surface area contributed by atoms with Gasteiger partial charge in [-0.15, -0.1) is 0 Å². The molecule has 0 aromatic carbocycles. The van der Waals surface area contributed by atoms with Crippen LogP contribution in [0.15, 0.2) is 6.20 Å². The molecular weight excluding hydrogens is 211 g/mol. The van der Waals surface area contributed by atoms with Crippen LogP contribution in [0.25, 0.3) is 0 Å². The summed E-state index contributed by atoms with van der Waals surface area (Å²) in [5.74, 6) is -0.724. The predicted octanol–water partition coefficient (Wildman–Crippen LogP) is 1.32. The summed E-state index contributed by atoms with van der Waals surface area (Å²) in [6.45, 7) is 0. The molecule has 2 N–H and O–H groups in total. The molecule has 0 atom stereocenters. The van der Waals surface area contributed by atoms with Gasteiger partial charge in [0.05, 0.1) is 11.8 Å². The van der Waals surface area contributed by atoms with Crippen molar-refractivity contribution in [2.45, 2.75) is 25.1 Å². The largest absolute Gasteiger partial charge is 0.433 e. The van der Waals surface area contributed by atoms with Crippen LogP contribution in [-0.4, -0.2) is 22.1 Å². The Morgan fingerprint density at radius 3 is 2.73 bits per heavy atom. The Kier molecular flexibility index (Phi) is 2.17. The third-order valence-electron chi connectivity index (χ3n) is 2.08. The summed E-state index contributed by atoms with van der Waals surface area (Å²) in [7, 11) is 0. The highest BCUT2D eigenvalue weighted by atomic mass is 19.4. The Morgan fingerprint density at radius 1 is 1.53 bits per heavy atom. The molecule has 0 bridgehead atoms. The van der Waals surface area contributed by atoms with Gasteiger partial charge in [-0.05, 0) is 12.8 Å². The summed E-state index contributed by atoms with van der Waals surface area (Å²) in [6, 6.07) is 0.0217. The van der Waals surface area contributed by atoms with Gasteiger partial charge in [-0.2, -0.15) is 18.3 Å². The molecule has 15 heavy (non-hydrogen) atoms. The quantitative estimate of drug-likeness (QED) is 0.788. The first kappa shape index (κ1) is 10.0. The maximum atomic E-state index is 12.3. The fourth-order valence-corrected chi connectivity index (χ4v) is 1.17. The number of rotatable bonds is 2. The van der Waals surface area contributed by atoms with Gasteiger partial charge in [0.15, 0.2) is 5.69 Å². The zero-order valence-corrected chi connectivity index (χ0v) is 7.56. The molecule has 0 aliphatic heterocycles. The van der Waals surface area contributed by atoms with Crippen molar-refractivity contribution >= 4 is 5.91 Å². The number of halogens is 3. The maximum absolute atomic E-state index is 12.3. The van der Waals surface area contributed by atoms with Crippen molar-refractivity contribution in [1.29, 1.82) is 0 Å². The van der Waals surface area contributed by atoms with Crippen LogP contribution >= 0.6 is 0 Å². The summed E-state index contributed by atoms with van der Waals surface area (Å²) in [5.41, 5.74) is -1.55. The van der Waals surface area contributed by atoms with E-state index in [1.807, 2.05) is 0 Å². The van der Waals surface area contributed by atoms with E-state index in [0.29, 0.717) is 0 Å². The first-order valence-electron chi connectivity index (χ1n) is 4.40. The molecule has 0 spiro atoms. The molecule has 1 heterocycles. The third-order valence-corrected chi connectivity index (χ3v) is 2.08. The highest BCUT2D eigenvalue weighted by Gasteiger charge is 2.38. The van der Waals surface area contributed by atoms with Crippen molar-refractivity contribution in [2.75, 3.05) is 0 Å². The lowest BCUT2D eigenvalue weighted by Crippen LogP contribution is -2.27. The van der Waals surface area contributed by atoms with Crippen LogP contribution in [0.4, 0.5) is 13.2 Å². The first-order chi connectivity index (χ1) is 6.98. The summed E-state index contributed by atoms with van der Waals surface area (Å²) in [4.78, 5) is 11.4. The fraction of sp³-hybridized carbons (Fsp3) is 0.500. The van der Waals surface area contributed by atoms with Gasteiger partial charge in [-0.25, -0.2) is 0 Å². The van der Waals surface area contributed by atoms with Crippen molar-refractivity contribution in [3.05, 3.63) is 17.5 Å². The second-order valence-corrected chi connectivity index (χ2v) is 3.40. The molecule has 0 radical (unpaired) electrons. The van der Waals surface area contributed by atoms with Crippen LogP contribution in [0.2, 0.25) is 0 Å². The van der Waals surface area contributed by atoms with Crippen LogP contribution in [0, 0.1) is 0 Å². The Morgan fingerprint density at radius 2 is 2.20 bits per heavy atom. The Bertz CT molecular complexity index is 381. The first-order valence-corrected chi connectivity index (χ1v) is 4.40. The normalized spacial score (nSPS) is 16.5. The fourth-order valence-electron chi connectivity index (χ4n) is 1.17. The molecule has 1 aromatic rings. The highest BCUT2D eigenvalue weighted by molar-refractivity contribution is 5.95. The van der Waals surface area contributed by atoms with E-state index >= 15 is 0 Å². The molecule has 7 heteroatoms. The second kappa shape index (κ2) is 3.25. The van der Waals surface area contributed by atoms with E-state index in [9.17, 15) is 18.0 Å². The number of nitrogens with zero attached hydrogens (tertiary/aromatic N) is 1. The van der Waals surface area contributed by atoms with Gasteiger partial charge >= 0.3 is 6.18 Å². The van der Waals surface area contributed by atoms with Crippen molar-refractivity contribution in [2.24, 2.45) is 0 Å². The minimum atomic E-state index is -4.58. The van der Waals surface area contributed by atoms with Gasteiger partial charge in [0.2, 0.25) is 0 Å². The molecule has 0 unspecified atom stereocenters. The van der Waals surface area contributed by atoms with Crippen molar-refractivity contribution < 1.29 is 18.0 Å². The standard InChI is InChI=1S/C8H8F3N3O/c9-8(10,11)6-5(3-12-14-6)7(15)13-4-1-2-4/h3-4H,1-2H2,(H,12,14)(H,13,15). The molecule has 1 aliphatic rings. The van der Waals surface area contributed by atoms with E-state index < -0.39 is 23.3 Å². The van der Waals surface area contributed by atoms with Crippen molar-refractivity contribution in [3.63, 3.8) is 0 Å². The van der Waals surface area contributed by atoms with Gasteiger partial charge in [0.25, 0.3) is 5.91 Å². The van der Waals surface area contributed by atoms with Crippen LogP contribution in [0.5, 0.6) is 0 Å². The van der Waals surface area contributed by atoms with Crippen molar-refractivity contribution in [3.8, 4) is 0 Å². The zero-order valence-electron chi connectivity index (χ0n) is 7.56. The number of hydrogen-bond donors (Lipinski definition) is 2. The van der Waals surface area contributed by atoms with Gasteiger partial charge < -0.3 is 5.32 Å². The highest BCUT2D eigenvalue weighted by Crippen LogP contribution is 2.30. The third kappa shape index (κ3) is 2.11. The number of carbonyl (C=O) groups excluding carboxylic acids is 1. The number of aromatic amines is 1. The molecule has 0 saturated heterocycles. The van der Waals surface area contributed by atoms with E-state index in [2.05, 4.69) is 10.4 Å². The maximum Gasteiger partial charge on any atom is 0.433 e. The number of hydrogen-bond acceptors (Lipinski definition) is 2. The lowest BCUT2D eigenvalue weighted by molar-refractivity contribution is -0.141. The van der Waals surface area contributed by atoms with Gasteiger partial charge in [-0.1, -0.05) is 0 Å². The summed E-state index contributed by atoms with van der Waals surface area (Å²) < 4.78 is 37.0. The van der Waals surface area contributed by atoms with E-state index in [0.717, 1.165) is 19.0 Å². The molecule has 82 valence electrons. The van der Waals surface area contributed by atoms with Gasteiger partial charge in [0, 0.05) is 6.04 Å². The molecule has 2 rings (SSSR count). The van der Waals surface area contributed by atoms with E-state index in [1.165, 1.54) is 0 Å². The number of alkyl halides is 3. The van der Waals surface area contributed by atoms with Crippen LogP contribution in [-0.2, 0) is 6.18 Å². The van der Waals surface area contributed by atoms with Gasteiger partial charge in [-0.3, -0.25) is 9.89 Å². The van der Waals surface area contributed by atoms with Crippen LogP contribution in [0.3, 0.4) is 0 Å². The molecule has 1 saturated carbocycles. The van der Waals surface area contributed by atoms with Crippen LogP contribution in [0.1, 0.15) is 28.9 Å². The molecule has 1 aliphatic carbocycles. The topological polar surface area (TPSA) is 57.8 Å². The average molecular weight is 219 g/mol. The Balaban J connectivity index is 2.19. The summed E-state index contributed by atoms with van der Waals surface area (Å²) in [5, 5.41) is 7.49.